The van der Waals surface area contributed by atoms with Gasteiger partial charge in [-0.1, -0.05) is 0 Å². The molecule has 1 saturated heterocycles. The fourth-order valence-corrected chi connectivity index (χ4v) is 2.68. The summed E-state index contributed by atoms with van der Waals surface area (Å²) in [5.41, 5.74) is 1.40. The van der Waals surface area contributed by atoms with E-state index in [0.717, 1.165) is 24.2 Å². The van der Waals surface area contributed by atoms with E-state index in [0.29, 0.717) is 6.54 Å². The molecular weight excluding hydrogens is 298 g/mol. The number of carbonyl (C=O) groups is 1. The molecule has 1 N–H and O–H groups in total. The number of carbonyl (C=O) groups excluding carboxylic acids is 1. The van der Waals surface area contributed by atoms with E-state index in [1.54, 1.807) is 12.1 Å². The van der Waals surface area contributed by atoms with Crippen LogP contribution in [0.2, 0.25) is 0 Å². The highest BCUT2D eigenvalue weighted by atomic mass is 16.6. The first kappa shape index (κ1) is 17.1. The Labute approximate surface area is 135 Å². The van der Waals surface area contributed by atoms with E-state index >= 15 is 0 Å². The van der Waals surface area contributed by atoms with E-state index in [1.807, 2.05) is 27.7 Å². The molecule has 0 saturated carbocycles. The van der Waals surface area contributed by atoms with Gasteiger partial charge in [0.15, 0.2) is 0 Å². The highest BCUT2D eigenvalue weighted by Gasteiger charge is 2.27. The van der Waals surface area contributed by atoms with Gasteiger partial charge >= 0.3 is 6.09 Å². The van der Waals surface area contributed by atoms with Gasteiger partial charge in [0.1, 0.15) is 5.60 Å². The maximum atomic E-state index is 11.8. The molecule has 0 bridgehead atoms. The molecule has 1 aromatic rings. The molecule has 1 aliphatic heterocycles. The van der Waals surface area contributed by atoms with E-state index in [9.17, 15) is 14.9 Å². The summed E-state index contributed by atoms with van der Waals surface area (Å²) in [5, 5.41) is 13.7. The smallest absolute Gasteiger partial charge is 0.407 e. The minimum absolute atomic E-state index is 0.0134. The Kier molecular flexibility index (Phi) is 4.77. The van der Waals surface area contributed by atoms with Gasteiger partial charge in [0.25, 0.3) is 5.69 Å². The van der Waals surface area contributed by atoms with Crippen LogP contribution in [0, 0.1) is 17.0 Å². The third-order valence-corrected chi connectivity index (χ3v) is 3.64. The highest BCUT2D eigenvalue weighted by Crippen LogP contribution is 2.27. The Morgan fingerprint density at radius 1 is 1.43 bits per heavy atom. The second kappa shape index (κ2) is 6.44. The summed E-state index contributed by atoms with van der Waals surface area (Å²) in [6, 6.07) is 4.86. The van der Waals surface area contributed by atoms with Crippen LogP contribution in [-0.4, -0.2) is 35.7 Å². The lowest BCUT2D eigenvalue weighted by molar-refractivity contribution is -0.384. The summed E-state index contributed by atoms with van der Waals surface area (Å²) in [5.74, 6) is 0. The lowest BCUT2D eigenvalue weighted by Gasteiger charge is -2.23. The van der Waals surface area contributed by atoms with Gasteiger partial charge in [-0.15, -0.1) is 0 Å². The average Bonchev–Trinajstić information content (AvgIpc) is 2.84. The minimum Gasteiger partial charge on any atom is -0.444 e. The van der Waals surface area contributed by atoms with E-state index in [4.69, 9.17) is 4.74 Å². The highest BCUT2D eigenvalue weighted by molar-refractivity contribution is 5.68. The molecule has 1 fully saturated rings. The first-order valence-electron chi connectivity index (χ1n) is 7.65. The van der Waals surface area contributed by atoms with Crippen LogP contribution in [0.25, 0.3) is 0 Å². The Hall–Kier alpha value is -2.31. The topological polar surface area (TPSA) is 84.7 Å². The van der Waals surface area contributed by atoms with Crippen molar-refractivity contribution in [1.29, 1.82) is 0 Å². The SMILES string of the molecule is Cc1cc([N+](=O)[O-])ccc1N1CC[C@H](NC(=O)OC(C)(C)C)C1. The van der Waals surface area contributed by atoms with Gasteiger partial charge in [0, 0.05) is 30.9 Å². The molecule has 0 aromatic heterocycles. The molecular formula is C16H23N3O4. The number of aryl methyl sites for hydroxylation is 1. The number of nitrogens with one attached hydrogen (secondary N) is 1. The number of alkyl carbamates (subject to hydrolysis) is 1. The second-order valence-electron chi connectivity index (χ2n) is 6.81. The molecule has 2 rings (SSSR count). The number of ether oxygens (including phenoxy) is 1. The number of benzene rings is 1. The fourth-order valence-electron chi connectivity index (χ4n) is 2.68. The number of hydrogen-bond donors (Lipinski definition) is 1. The molecule has 126 valence electrons. The molecule has 1 aromatic carbocycles. The van der Waals surface area contributed by atoms with Gasteiger partial charge in [-0.2, -0.15) is 0 Å². The van der Waals surface area contributed by atoms with Crippen LogP contribution < -0.4 is 10.2 Å². The molecule has 0 spiro atoms. The van der Waals surface area contributed by atoms with E-state index < -0.39 is 16.6 Å². The maximum Gasteiger partial charge on any atom is 0.407 e. The van der Waals surface area contributed by atoms with Crippen LogP contribution >= 0.6 is 0 Å². The van der Waals surface area contributed by atoms with Crippen molar-refractivity contribution in [2.75, 3.05) is 18.0 Å². The summed E-state index contributed by atoms with van der Waals surface area (Å²) in [7, 11) is 0. The normalized spacial score (nSPS) is 17.9. The number of amides is 1. The summed E-state index contributed by atoms with van der Waals surface area (Å²) < 4.78 is 5.26. The molecule has 0 aliphatic carbocycles. The summed E-state index contributed by atoms with van der Waals surface area (Å²) in [4.78, 5) is 24.4. The largest absolute Gasteiger partial charge is 0.444 e. The Morgan fingerprint density at radius 2 is 2.13 bits per heavy atom. The third kappa shape index (κ3) is 4.58. The third-order valence-electron chi connectivity index (χ3n) is 3.64. The van der Waals surface area contributed by atoms with Gasteiger partial charge in [0.2, 0.25) is 0 Å². The van der Waals surface area contributed by atoms with Crippen LogP contribution in [-0.2, 0) is 4.74 Å². The Bertz CT molecular complexity index is 610. The Balaban J connectivity index is 1.97. The van der Waals surface area contributed by atoms with Crippen molar-refractivity contribution in [2.45, 2.75) is 45.8 Å². The minimum atomic E-state index is -0.517. The predicted molar refractivity (Wildman–Crippen MR) is 87.8 cm³/mol. The first-order chi connectivity index (χ1) is 10.7. The number of rotatable bonds is 3. The van der Waals surface area contributed by atoms with Crippen LogP contribution in [0.3, 0.4) is 0 Å². The number of nitro groups is 1. The molecule has 23 heavy (non-hydrogen) atoms. The molecule has 0 radical (unpaired) electrons. The zero-order valence-corrected chi connectivity index (χ0v) is 14.0. The zero-order chi connectivity index (χ0) is 17.2. The maximum absolute atomic E-state index is 11.8. The number of nitrogens with zero attached hydrogens (tertiary/aromatic N) is 2. The van der Waals surface area contributed by atoms with Gasteiger partial charge in [-0.3, -0.25) is 10.1 Å². The van der Waals surface area contributed by atoms with Gasteiger partial charge < -0.3 is 15.0 Å². The molecule has 1 aliphatic rings. The Morgan fingerprint density at radius 3 is 2.70 bits per heavy atom. The molecule has 1 atom stereocenters. The second-order valence-corrected chi connectivity index (χ2v) is 6.81. The first-order valence-corrected chi connectivity index (χ1v) is 7.65. The molecule has 7 nitrogen and oxygen atoms in total. The quantitative estimate of drug-likeness (QED) is 0.683. The van der Waals surface area contributed by atoms with E-state index in [-0.39, 0.29) is 11.7 Å². The monoisotopic (exact) mass is 321 g/mol. The number of anilines is 1. The van der Waals surface area contributed by atoms with E-state index in [2.05, 4.69) is 10.2 Å². The summed E-state index contributed by atoms with van der Waals surface area (Å²) >= 11 is 0. The average molecular weight is 321 g/mol. The van der Waals surface area contributed by atoms with Crippen molar-refractivity contribution in [3.63, 3.8) is 0 Å². The van der Waals surface area contributed by atoms with E-state index in [1.165, 1.54) is 6.07 Å². The van der Waals surface area contributed by atoms with Crippen molar-refractivity contribution in [3.8, 4) is 0 Å². The summed E-state index contributed by atoms with van der Waals surface area (Å²) in [6.07, 6.45) is 0.403. The van der Waals surface area contributed by atoms with Gasteiger partial charge in [-0.05, 0) is 45.7 Å². The van der Waals surface area contributed by atoms with Crippen molar-refractivity contribution in [3.05, 3.63) is 33.9 Å². The molecule has 0 unspecified atom stereocenters. The van der Waals surface area contributed by atoms with Gasteiger partial charge in [0.05, 0.1) is 11.0 Å². The van der Waals surface area contributed by atoms with Crippen LogP contribution in [0.5, 0.6) is 0 Å². The summed E-state index contributed by atoms with van der Waals surface area (Å²) in [6.45, 7) is 8.79. The van der Waals surface area contributed by atoms with Crippen molar-refractivity contribution < 1.29 is 14.5 Å². The van der Waals surface area contributed by atoms with Crippen molar-refractivity contribution in [2.24, 2.45) is 0 Å². The lowest BCUT2D eigenvalue weighted by atomic mass is 10.1. The van der Waals surface area contributed by atoms with Crippen LogP contribution in [0.15, 0.2) is 18.2 Å². The molecule has 1 heterocycles. The molecule has 7 heteroatoms. The number of nitro benzene ring substituents is 1. The van der Waals surface area contributed by atoms with Crippen LogP contribution in [0.4, 0.5) is 16.2 Å². The van der Waals surface area contributed by atoms with Gasteiger partial charge in [-0.25, -0.2) is 4.79 Å². The van der Waals surface area contributed by atoms with Crippen LogP contribution in [0.1, 0.15) is 32.8 Å². The lowest BCUT2D eigenvalue weighted by Crippen LogP contribution is -2.40. The number of hydrogen-bond acceptors (Lipinski definition) is 5. The predicted octanol–water partition coefficient (Wildman–Crippen LogP) is 3.01. The van der Waals surface area contributed by atoms with Crippen molar-refractivity contribution in [1.82, 2.24) is 5.32 Å². The number of non-ortho nitro benzene ring substituents is 1. The van der Waals surface area contributed by atoms with Crippen molar-refractivity contribution >= 4 is 17.5 Å². The standard InChI is InChI=1S/C16H23N3O4/c1-11-9-13(19(21)22)5-6-14(11)18-8-7-12(10-18)17-15(20)23-16(2,3)4/h5-6,9,12H,7-8,10H2,1-4H3,(H,17,20)/t12-/m0/s1. The fraction of sp³-hybridized carbons (Fsp3) is 0.562. The zero-order valence-electron chi connectivity index (χ0n) is 14.0. The molecule has 1 amide bonds.